The molecule has 5 rings (SSSR count). The molecule has 0 saturated carbocycles. The van der Waals surface area contributed by atoms with Crippen LogP contribution in [0.3, 0.4) is 0 Å². The number of aryl methyl sites for hydroxylation is 1. The molecule has 1 fully saturated rings. The first-order valence-electron chi connectivity index (χ1n) is 11.1. The average Bonchev–Trinajstić information content (AvgIpc) is 3.45. The van der Waals surface area contributed by atoms with E-state index in [0.29, 0.717) is 11.6 Å². The van der Waals surface area contributed by atoms with Crippen LogP contribution in [0, 0.1) is 5.92 Å². The fourth-order valence-electron chi connectivity index (χ4n) is 4.58. The van der Waals surface area contributed by atoms with Gasteiger partial charge in [-0.25, -0.2) is 4.98 Å². The van der Waals surface area contributed by atoms with Gasteiger partial charge in [-0.15, -0.1) is 0 Å². The van der Waals surface area contributed by atoms with Gasteiger partial charge in [0.1, 0.15) is 0 Å². The number of fused-ring (bicyclic) bond motifs is 1. The van der Waals surface area contributed by atoms with Gasteiger partial charge in [0.25, 0.3) is 0 Å². The number of aromatic nitrogens is 5. The van der Waals surface area contributed by atoms with E-state index in [2.05, 4.69) is 37.0 Å². The van der Waals surface area contributed by atoms with Crippen molar-refractivity contribution in [2.75, 3.05) is 10.6 Å². The minimum absolute atomic E-state index is 0.0618. The van der Waals surface area contributed by atoms with Crippen molar-refractivity contribution in [2.45, 2.75) is 45.3 Å². The van der Waals surface area contributed by atoms with E-state index in [9.17, 15) is 4.79 Å². The maximum atomic E-state index is 13.0. The third-order valence-electron chi connectivity index (χ3n) is 6.03. The smallest absolute Gasteiger partial charge is 0.232 e. The van der Waals surface area contributed by atoms with E-state index in [0.717, 1.165) is 32.7 Å². The lowest BCUT2D eigenvalue weighted by Gasteiger charge is -2.26. The molecule has 1 atom stereocenters. The molecule has 1 aromatic carbocycles. The molecule has 1 aliphatic rings. The zero-order valence-electron chi connectivity index (χ0n) is 19.8. The summed E-state index contributed by atoms with van der Waals surface area (Å²) in [6.45, 7) is 7.97. The third-order valence-corrected chi connectivity index (χ3v) is 7.00. The Morgan fingerprint density at radius 2 is 2.03 bits per heavy atom. The van der Waals surface area contributed by atoms with E-state index in [-0.39, 0.29) is 17.4 Å². The van der Waals surface area contributed by atoms with Crippen molar-refractivity contribution < 1.29 is 9.53 Å². The molecule has 3 aromatic heterocycles. The highest BCUT2D eigenvalue weighted by atomic mass is 32.1. The van der Waals surface area contributed by atoms with Crippen LogP contribution in [-0.4, -0.2) is 42.1 Å². The second-order valence-electron chi connectivity index (χ2n) is 9.76. The van der Waals surface area contributed by atoms with E-state index < -0.39 is 5.60 Å². The molecular weight excluding hydrogens is 450 g/mol. The maximum absolute atomic E-state index is 13.0. The molecular formula is C24H27N7O2S. The summed E-state index contributed by atoms with van der Waals surface area (Å²) in [7, 11) is 1.87. The Labute approximate surface area is 201 Å². The number of nitrogens with one attached hydrogen (secondary N) is 2. The molecule has 4 aromatic rings. The molecule has 1 aliphatic heterocycles. The zero-order chi connectivity index (χ0) is 24.1. The fraction of sp³-hybridized carbons (Fsp3) is 0.375. The second-order valence-corrected chi connectivity index (χ2v) is 10.8. The number of carbonyl (C=O) groups excluding carboxylic acids is 1. The summed E-state index contributed by atoms with van der Waals surface area (Å²) in [4.78, 5) is 18.4. The molecule has 34 heavy (non-hydrogen) atoms. The van der Waals surface area contributed by atoms with Crippen LogP contribution in [0.2, 0.25) is 0 Å². The molecule has 0 aliphatic carbocycles. The van der Waals surface area contributed by atoms with E-state index in [4.69, 9.17) is 4.74 Å². The first kappa shape index (κ1) is 22.4. The molecule has 4 heterocycles. The minimum Gasteiger partial charge on any atom is -0.369 e. The Balaban J connectivity index is 1.38. The predicted molar refractivity (Wildman–Crippen MR) is 133 cm³/mol. The topological polar surface area (TPSA) is 107 Å². The van der Waals surface area contributed by atoms with Gasteiger partial charge >= 0.3 is 0 Å². The lowest BCUT2D eigenvalue weighted by Crippen LogP contribution is -2.36. The standard InChI is InChI=1S/C24H27N7O2S/c1-23(2)9-17(24(3,4)33-23)21(32)29-22-25-12-20(34-22)14-6-7-18-16(8-14)19(11-26-30-18)28-15-10-27-31(5)13-15/h6-8,10-13,17H,9H2,1-5H3,(H,28,30)(H,25,29,32). The Morgan fingerprint density at radius 1 is 1.21 bits per heavy atom. The number of benzene rings is 1. The number of anilines is 3. The van der Waals surface area contributed by atoms with Gasteiger partial charge in [0.05, 0.1) is 51.3 Å². The molecule has 0 radical (unpaired) electrons. The molecule has 2 N–H and O–H groups in total. The first-order valence-corrected chi connectivity index (χ1v) is 11.9. The van der Waals surface area contributed by atoms with Crippen LogP contribution in [0.1, 0.15) is 34.1 Å². The van der Waals surface area contributed by atoms with Gasteiger partial charge in [0.15, 0.2) is 5.13 Å². The van der Waals surface area contributed by atoms with E-state index in [1.165, 1.54) is 11.3 Å². The highest BCUT2D eigenvalue weighted by molar-refractivity contribution is 7.19. The SMILES string of the molecule is Cn1cc(Nc2cnnc3ccc(-c4cnc(NC(=O)C5CC(C)(C)OC5(C)C)s4)cc23)cn1. The number of ether oxygens (including phenoxy) is 1. The monoisotopic (exact) mass is 477 g/mol. The molecule has 0 spiro atoms. The number of hydrogen-bond donors (Lipinski definition) is 2. The molecule has 1 unspecified atom stereocenters. The summed E-state index contributed by atoms with van der Waals surface area (Å²) in [5, 5.41) is 20.4. The van der Waals surface area contributed by atoms with E-state index in [1.54, 1.807) is 23.3 Å². The minimum atomic E-state index is -0.523. The number of nitrogens with zero attached hydrogens (tertiary/aromatic N) is 5. The summed E-state index contributed by atoms with van der Waals surface area (Å²) in [5.74, 6) is -0.302. The second kappa shape index (κ2) is 8.14. The number of thiazole rings is 1. The highest BCUT2D eigenvalue weighted by Gasteiger charge is 2.49. The Kier molecular flexibility index (Phi) is 5.37. The van der Waals surface area contributed by atoms with Crippen molar-refractivity contribution >= 4 is 44.7 Å². The molecule has 1 saturated heterocycles. The van der Waals surface area contributed by atoms with Gasteiger partial charge in [-0.05, 0) is 51.8 Å². The van der Waals surface area contributed by atoms with Gasteiger partial charge in [-0.1, -0.05) is 17.4 Å². The number of carbonyl (C=O) groups is 1. The van der Waals surface area contributed by atoms with Crippen molar-refractivity contribution in [1.29, 1.82) is 0 Å². The Hall–Kier alpha value is -3.37. The lowest BCUT2D eigenvalue weighted by atomic mass is 9.87. The van der Waals surface area contributed by atoms with Crippen LogP contribution in [-0.2, 0) is 16.6 Å². The van der Waals surface area contributed by atoms with Crippen molar-refractivity contribution in [1.82, 2.24) is 25.0 Å². The number of amides is 1. The third kappa shape index (κ3) is 4.38. The summed E-state index contributed by atoms with van der Waals surface area (Å²) in [6.07, 6.45) is 7.80. The molecule has 1 amide bonds. The zero-order valence-corrected chi connectivity index (χ0v) is 20.6. The maximum Gasteiger partial charge on any atom is 0.232 e. The summed E-state index contributed by atoms with van der Waals surface area (Å²) in [6, 6.07) is 5.98. The van der Waals surface area contributed by atoms with Crippen LogP contribution < -0.4 is 10.6 Å². The largest absolute Gasteiger partial charge is 0.369 e. The predicted octanol–water partition coefficient (Wildman–Crippen LogP) is 4.76. The van der Waals surface area contributed by atoms with Gasteiger partial charge < -0.3 is 15.4 Å². The van der Waals surface area contributed by atoms with Crippen LogP contribution >= 0.6 is 11.3 Å². The van der Waals surface area contributed by atoms with E-state index in [1.807, 2.05) is 53.1 Å². The van der Waals surface area contributed by atoms with Crippen molar-refractivity contribution in [3.05, 3.63) is 43.0 Å². The normalized spacial score (nSPS) is 18.8. The number of hydrogen-bond acceptors (Lipinski definition) is 8. The van der Waals surface area contributed by atoms with Gasteiger partial charge in [-0.3, -0.25) is 9.48 Å². The lowest BCUT2D eigenvalue weighted by molar-refractivity contribution is -0.126. The quantitative estimate of drug-likeness (QED) is 0.427. The van der Waals surface area contributed by atoms with Crippen molar-refractivity contribution in [3.63, 3.8) is 0 Å². The van der Waals surface area contributed by atoms with Gasteiger partial charge in [0, 0.05) is 24.8 Å². The molecule has 9 nitrogen and oxygen atoms in total. The van der Waals surface area contributed by atoms with Crippen LogP contribution in [0.15, 0.2) is 43.0 Å². The summed E-state index contributed by atoms with van der Waals surface area (Å²) < 4.78 is 7.81. The molecule has 176 valence electrons. The fourth-order valence-corrected chi connectivity index (χ4v) is 5.40. The van der Waals surface area contributed by atoms with Crippen molar-refractivity contribution in [3.8, 4) is 10.4 Å². The molecule has 0 bridgehead atoms. The highest BCUT2D eigenvalue weighted by Crippen LogP contribution is 2.42. The van der Waals surface area contributed by atoms with E-state index >= 15 is 0 Å². The Morgan fingerprint density at radius 3 is 2.74 bits per heavy atom. The summed E-state index contributed by atoms with van der Waals surface area (Å²) in [5.41, 5.74) is 2.62. The Bertz CT molecular complexity index is 1370. The van der Waals surface area contributed by atoms with Crippen LogP contribution in [0.5, 0.6) is 0 Å². The molecule has 10 heteroatoms. The van der Waals surface area contributed by atoms with Crippen LogP contribution in [0.25, 0.3) is 21.3 Å². The van der Waals surface area contributed by atoms with Gasteiger partial charge in [0.2, 0.25) is 5.91 Å². The van der Waals surface area contributed by atoms with Crippen molar-refractivity contribution in [2.24, 2.45) is 13.0 Å². The average molecular weight is 478 g/mol. The van der Waals surface area contributed by atoms with Crippen LogP contribution in [0.4, 0.5) is 16.5 Å². The summed E-state index contributed by atoms with van der Waals surface area (Å²) >= 11 is 1.44. The first-order chi connectivity index (χ1) is 16.1. The number of rotatable bonds is 5. The van der Waals surface area contributed by atoms with Gasteiger partial charge in [-0.2, -0.15) is 15.3 Å².